The molecule has 0 aromatic rings. The summed E-state index contributed by atoms with van der Waals surface area (Å²) >= 11 is 0. The molecule has 1 amide bonds. The predicted octanol–water partition coefficient (Wildman–Crippen LogP) is 1.02. The normalized spacial score (nSPS) is 35.9. The maximum Gasteiger partial charge on any atom is 0.243 e. The number of nitrogens with zero attached hydrogens (tertiary/aromatic N) is 1. The fraction of sp³-hybridized carbons (Fsp3) is 0.750. The van der Waals surface area contributed by atoms with E-state index in [1.807, 2.05) is 0 Å². The molecule has 1 N–H and O–H groups in total. The molecule has 2 fully saturated rings. The van der Waals surface area contributed by atoms with Crippen molar-refractivity contribution in [2.45, 2.75) is 25.3 Å². The lowest BCUT2D eigenvalue weighted by Gasteiger charge is -2.31. The Labute approximate surface area is 91.5 Å². The summed E-state index contributed by atoms with van der Waals surface area (Å²) in [6, 6.07) is 0.378. The lowest BCUT2D eigenvalue weighted by Crippen LogP contribution is -2.39. The fourth-order valence-corrected chi connectivity index (χ4v) is 3.06. The van der Waals surface area contributed by atoms with Crippen molar-refractivity contribution >= 4 is 5.91 Å². The number of likely N-dealkylation sites (tertiary alicyclic amines) is 1. The molecule has 2 rings (SSSR count). The smallest absolute Gasteiger partial charge is 0.243 e. The number of hydrogen-bond acceptors (Lipinski definition) is 2. The van der Waals surface area contributed by atoms with Crippen LogP contribution in [0.25, 0.3) is 0 Å². The van der Waals surface area contributed by atoms with Crippen molar-refractivity contribution in [1.29, 1.82) is 0 Å². The number of carbonyl (C=O) groups is 1. The van der Waals surface area contributed by atoms with Crippen LogP contribution in [0.5, 0.6) is 0 Å². The molecule has 0 aromatic carbocycles. The summed E-state index contributed by atoms with van der Waals surface area (Å²) in [5.41, 5.74) is 0. The highest BCUT2D eigenvalue weighted by Crippen LogP contribution is 2.35. The van der Waals surface area contributed by atoms with Gasteiger partial charge in [-0.3, -0.25) is 4.79 Å². The van der Waals surface area contributed by atoms with Crippen molar-refractivity contribution in [3.8, 4) is 0 Å². The average Bonchev–Trinajstić information content (AvgIpc) is 2.57. The molecular formula is C12H20N2O. The zero-order valence-corrected chi connectivity index (χ0v) is 9.41. The summed E-state index contributed by atoms with van der Waals surface area (Å²) in [4.78, 5) is 13.6. The predicted molar refractivity (Wildman–Crippen MR) is 60.5 cm³/mol. The monoisotopic (exact) mass is 208 g/mol. The summed E-state index contributed by atoms with van der Waals surface area (Å²) in [5, 5.41) is 3.02. The molecule has 15 heavy (non-hydrogen) atoms. The fourth-order valence-electron chi connectivity index (χ4n) is 3.06. The third kappa shape index (κ3) is 2.40. The van der Waals surface area contributed by atoms with Gasteiger partial charge in [0, 0.05) is 19.1 Å². The Morgan fingerprint density at radius 2 is 2.13 bits per heavy atom. The molecule has 0 aromatic heterocycles. The van der Waals surface area contributed by atoms with Gasteiger partial charge in [-0.25, -0.2) is 0 Å². The van der Waals surface area contributed by atoms with Crippen molar-refractivity contribution in [3.05, 3.63) is 12.7 Å². The van der Waals surface area contributed by atoms with E-state index >= 15 is 0 Å². The second kappa shape index (κ2) is 4.35. The van der Waals surface area contributed by atoms with Gasteiger partial charge in [0.05, 0.1) is 0 Å². The second-order valence-corrected chi connectivity index (χ2v) is 4.96. The van der Waals surface area contributed by atoms with Gasteiger partial charge in [0.15, 0.2) is 0 Å². The Morgan fingerprint density at radius 3 is 2.87 bits per heavy atom. The van der Waals surface area contributed by atoms with E-state index in [1.54, 1.807) is 0 Å². The minimum absolute atomic E-state index is 0.0233. The number of amides is 1. The largest absolute Gasteiger partial charge is 0.350 e. The number of nitrogens with one attached hydrogen (secondary N) is 1. The molecule has 1 saturated heterocycles. The first kappa shape index (κ1) is 10.7. The van der Waals surface area contributed by atoms with E-state index in [9.17, 15) is 4.79 Å². The Bertz CT molecular complexity index is 264. The third-order valence-corrected chi connectivity index (χ3v) is 3.76. The first-order chi connectivity index (χ1) is 7.19. The summed E-state index contributed by atoms with van der Waals surface area (Å²) in [5.74, 6) is 1.63. The van der Waals surface area contributed by atoms with Crippen molar-refractivity contribution in [2.24, 2.45) is 11.8 Å². The number of hydrogen-bond donors (Lipinski definition) is 1. The standard InChI is InChI=1S/C12H20N2O/c1-3-12(15)13-11-5-4-9-7-14(2)8-10(9)6-11/h3,9-11H,1,4-8H2,2H3,(H,13,15). The van der Waals surface area contributed by atoms with Gasteiger partial charge in [0.2, 0.25) is 5.91 Å². The Kier molecular flexibility index (Phi) is 3.10. The maximum absolute atomic E-state index is 11.2. The summed E-state index contributed by atoms with van der Waals surface area (Å²) in [7, 11) is 2.19. The molecule has 0 radical (unpaired) electrons. The minimum atomic E-state index is -0.0233. The zero-order chi connectivity index (χ0) is 10.8. The molecular weight excluding hydrogens is 188 g/mol. The summed E-state index contributed by atoms with van der Waals surface area (Å²) in [6.45, 7) is 5.93. The van der Waals surface area contributed by atoms with Crippen LogP contribution in [-0.2, 0) is 4.79 Å². The van der Waals surface area contributed by atoms with Crippen molar-refractivity contribution in [2.75, 3.05) is 20.1 Å². The van der Waals surface area contributed by atoms with Crippen LogP contribution in [0.15, 0.2) is 12.7 Å². The number of carbonyl (C=O) groups excluding carboxylic acids is 1. The van der Waals surface area contributed by atoms with Gasteiger partial charge in [-0.1, -0.05) is 6.58 Å². The molecule has 2 aliphatic rings. The van der Waals surface area contributed by atoms with Gasteiger partial charge in [0.1, 0.15) is 0 Å². The van der Waals surface area contributed by atoms with Crippen molar-refractivity contribution in [1.82, 2.24) is 10.2 Å². The third-order valence-electron chi connectivity index (χ3n) is 3.76. The van der Waals surface area contributed by atoms with Crippen LogP contribution in [0, 0.1) is 11.8 Å². The average molecular weight is 208 g/mol. The van der Waals surface area contributed by atoms with Crippen LogP contribution >= 0.6 is 0 Å². The van der Waals surface area contributed by atoms with E-state index in [4.69, 9.17) is 0 Å². The summed E-state index contributed by atoms with van der Waals surface area (Å²) < 4.78 is 0. The van der Waals surface area contributed by atoms with Gasteiger partial charge in [-0.15, -0.1) is 0 Å². The molecule has 3 nitrogen and oxygen atoms in total. The van der Waals surface area contributed by atoms with Gasteiger partial charge >= 0.3 is 0 Å². The maximum atomic E-state index is 11.2. The zero-order valence-electron chi connectivity index (χ0n) is 9.41. The molecule has 1 heterocycles. The van der Waals surface area contributed by atoms with Gasteiger partial charge in [0.25, 0.3) is 0 Å². The van der Waals surface area contributed by atoms with E-state index in [0.717, 1.165) is 24.7 Å². The first-order valence-electron chi connectivity index (χ1n) is 5.80. The van der Waals surface area contributed by atoms with Crippen LogP contribution in [-0.4, -0.2) is 37.0 Å². The molecule has 3 unspecified atom stereocenters. The molecule has 84 valence electrons. The molecule has 3 heteroatoms. The molecule has 0 bridgehead atoms. The minimum Gasteiger partial charge on any atom is -0.350 e. The van der Waals surface area contributed by atoms with Crippen LogP contribution in [0.1, 0.15) is 19.3 Å². The second-order valence-electron chi connectivity index (χ2n) is 4.96. The van der Waals surface area contributed by atoms with E-state index in [2.05, 4.69) is 23.8 Å². The SMILES string of the molecule is C=CC(=O)NC1CCC2CN(C)CC2C1. The van der Waals surface area contributed by atoms with Crippen LogP contribution in [0.3, 0.4) is 0 Å². The van der Waals surface area contributed by atoms with Crippen molar-refractivity contribution in [3.63, 3.8) is 0 Å². The lowest BCUT2D eigenvalue weighted by atomic mass is 9.79. The Hall–Kier alpha value is -0.830. The quantitative estimate of drug-likeness (QED) is 0.687. The first-order valence-corrected chi connectivity index (χ1v) is 5.80. The van der Waals surface area contributed by atoms with Crippen molar-refractivity contribution < 1.29 is 4.79 Å². The lowest BCUT2D eigenvalue weighted by molar-refractivity contribution is -0.117. The topological polar surface area (TPSA) is 32.3 Å². The highest BCUT2D eigenvalue weighted by Gasteiger charge is 2.36. The number of fused-ring (bicyclic) bond motifs is 1. The molecule has 1 aliphatic heterocycles. The van der Waals surface area contributed by atoms with E-state index < -0.39 is 0 Å². The van der Waals surface area contributed by atoms with Crippen LogP contribution in [0.4, 0.5) is 0 Å². The van der Waals surface area contributed by atoms with E-state index in [0.29, 0.717) is 6.04 Å². The highest BCUT2D eigenvalue weighted by atomic mass is 16.1. The molecule has 0 spiro atoms. The highest BCUT2D eigenvalue weighted by molar-refractivity contribution is 5.87. The van der Waals surface area contributed by atoms with Gasteiger partial charge in [-0.2, -0.15) is 0 Å². The molecule has 1 saturated carbocycles. The van der Waals surface area contributed by atoms with Gasteiger partial charge in [-0.05, 0) is 44.2 Å². The molecule has 3 atom stereocenters. The summed E-state index contributed by atoms with van der Waals surface area (Å²) in [6.07, 6.45) is 4.91. The van der Waals surface area contributed by atoms with Crippen LogP contribution < -0.4 is 5.32 Å². The number of rotatable bonds is 2. The Balaban J connectivity index is 1.87. The van der Waals surface area contributed by atoms with Crippen LogP contribution in [0.2, 0.25) is 0 Å². The van der Waals surface area contributed by atoms with Gasteiger partial charge < -0.3 is 10.2 Å². The van der Waals surface area contributed by atoms with E-state index in [1.165, 1.54) is 25.6 Å². The molecule has 1 aliphatic carbocycles. The Morgan fingerprint density at radius 1 is 1.40 bits per heavy atom. The van der Waals surface area contributed by atoms with E-state index in [-0.39, 0.29) is 5.91 Å².